The number of anilines is 3. The Bertz CT molecular complexity index is 1130. The van der Waals surface area contributed by atoms with Crippen LogP contribution in [0.2, 0.25) is 0 Å². The van der Waals surface area contributed by atoms with Gasteiger partial charge in [0, 0.05) is 48.6 Å². The molecule has 0 atom stereocenters. The van der Waals surface area contributed by atoms with Gasteiger partial charge in [0.2, 0.25) is 0 Å². The summed E-state index contributed by atoms with van der Waals surface area (Å²) in [4.78, 5) is 25.2. The van der Waals surface area contributed by atoms with E-state index in [0.29, 0.717) is 16.7 Å². The first-order valence-electron chi connectivity index (χ1n) is 8.07. The number of fused-ring (bicyclic) bond motifs is 3. The molecule has 0 saturated heterocycles. The molecule has 4 aromatic rings. The Kier molecular flexibility index (Phi) is 3.69. The number of H-pyrrole nitrogens is 1. The zero-order valence-electron chi connectivity index (χ0n) is 14.3. The topological polar surface area (TPSA) is 94.1 Å². The number of benzene rings is 1. The van der Waals surface area contributed by atoms with Crippen molar-refractivity contribution in [2.45, 2.75) is 0 Å². The molecule has 0 amide bonds. The van der Waals surface area contributed by atoms with Crippen LogP contribution in [0.4, 0.5) is 17.2 Å². The summed E-state index contributed by atoms with van der Waals surface area (Å²) >= 11 is 0. The van der Waals surface area contributed by atoms with E-state index in [1.165, 1.54) is 0 Å². The number of hydrogen-bond acceptors (Lipinski definition) is 5. The smallest absolute Gasteiger partial charge is 0.352 e. The third kappa shape index (κ3) is 2.69. The number of nitrogens with one attached hydrogen (secondary N) is 2. The number of aromatic nitrogens is 3. The molecule has 0 bridgehead atoms. The van der Waals surface area contributed by atoms with Gasteiger partial charge in [0.15, 0.2) is 0 Å². The highest BCUT2D eigenvalue weighted by atomic mass is 16.4. The molecule has 0 radical (unpaired) electrons. The Morgan fingerprint density at radius 3 is 2.81 bits per heavy atom. The second kappa shape index (κ2) is 6.03. The predicted octanol–water partition coefficient (Wildman–Crippen LogP) is 3.62. The summed E-state index contributed by atoms with van der Waals surface area (Å²) in [7, 11) is 3.95. The van der Waals surface area contributed by atoms with Crippen LogP contribution in [-0.4, -0.2) is 40.1 Å². The van der Waals surface area contributed by atoms with Crippen molar-refractivity contribution in [3.63, 3.8) is 0 Å². The van der Waals surface area contributed by atoms with Gasteiger partial charge in [-0.2, -0.15) is 0 Å². The number of hydrogen-bond donors (Lipinski definition) is 3. The number of rotatable bonds is 4. The standard InChI is InChI=1S/C19H17N5O2/c1-24(2)12-5-3-4-11(8-12)21-18-13-9-16(19(25)26)22-17(13)14-10-20-7-6-15(14)23-18/h3-10,22H,1-2H3,(H,21,23)(H,25,26). The van der Waals surface area contributed by atoms with Gasteiger partial charge in [-0.05, 0) is 30.3 Å². The van der Waals surface area contributed by atoms with E-state index in [1.807, 2.05) is 43.3 Å². The molecule has 7 nitrogen and oxygen atoms in total. The molecule has 0 aliphatic rings. The fourth-order valence-electron chi connectivity index (χ4n) is 2.92. The van der Waals surface area contributed by atoms with E-state index in [1.54, 1.807) is 24.5 Å². The fourth-order valence-corrected chi connectivity index (χ4v) is 2.92. The van der Waals surface area contributed by atoms with Crippen LogP contribution in [0.3, 0.4) is 0 Å². The third-order valence-corrected chi connectivity index (χ3v) is 4.23. The number of aromatic amines is 1. The summed E-state index contributed by atoms with van der Waals surface area (Å²) in [5.41, 5.74) is 3.47. The maximum absolute atomic E-state index is 11.4. The number of nitrogens with zero attached hydrogens (tertiary/aromatic N) is 3. The summed E-state index contributed by atoms with van der Waals surface area (Å²) in [5, 5.41) is 14.1. The molecular weight excluding hydrogens is 330 g/mol. The minimum atomic E-state index is -1.02. The zero-order valence-corrected chi connectivity index (χ0v) is 14.3. The normalized spacial score (nSPS) is 11.0. The Hall–Kier alpha value is -3.61. The molecule has 0 saturated carbocycles. The van der Waals surface area contributed by atoms with E-state index in [4.69, 9.17) is 0 Å². The number of pyridine rings is 2. The first-order chi connectivity index (χ1) is 12.5. The summed E-state index contributed by atoms with van der Waals surface area (Å²) in [6, 6.07) is 11.3. The van der Waals surface area contributed by atoms with E-state index < -0.39 is 5.97 Å². The average Bonchev–Trinajstić information content (AvgIpc) is 3.08. The highest BCUT2D eigenvalue weighted by molar-refractivity contribution is 6.11. The maximum atomic E-state index is 11.4. The van der Waals surface area contributed by atoms with Crippen LogP contribution < -0.4 is 10.2 Å². The second-order valence-corrected chi connectivity index (χ2v) is 6.20. The molecule has 3 heterocycles. The van der Waals surface area contributed by atoms with Gasteiger partial charge in [-0.25, -0.2) is 9.78 Å². The van der Waals surface area contributed by atoms with Gasteiger partial charge < -0.3 is 20.3 Å². The van der Waals surface area contributed by atoms with Crippen molar-refractivity contribution >= 4 is 45.0 Å². The van der Waals surface area contributed by atoms with Gasteiger partial charge in [-0.3, -0.25) is 4.98 Å². The van der Waals surface area contributed by atoms with Crippen LogP contribution in [0, 0.1) is 0 Å². The van der Waals surface area contributed by atoms with Gasteiger partial charge in [-0.15, -0.1) is 0 Å². The fraction of sp³-hybridized carbons (Fsp3) is 0.105. The lowest BCUT2D eigenvalue weighted by molar-refractivity contribution is 0.0691. The molecule has 3 aromatic heterocycles. The first-order valence-corrected chi connectivity index (χ1v) is 8.07. The Labute approximate surface area is 149 Å². The molecule has 1 aromatic carbocycles. The monoisotopic (exact) mass is 347 g/mol. The van der Waals surface area contributed by atoms with Crippen molar-refractivity contribution in [3.8, 4) is 0 Å². The van der Waals surface area contributed by atoms with Gasteiger partial charge in [0.1, 0.15) is 11.5 Å². The van der Waals surface area contributed by atoms with E-state index >= 15 is 0 Å². The van der Waals surface area contributed by atoms with Gasteiger partial charge in [0.05, 0.1) is 11.0 Å². The molecule has 0 spiro atoms. The van der Waals surface area contributed by atoms with Crippen LogP contribution in [0.1, 0.15) is 10.5 Å². The van der Waals surface area contributed by atoms with Crippen molar-refractivity contribution in [2.75, 3.05) is 24.3 Å². The van der Waals surface area contributed by atoms with Gasteiger partial charge >= 0.3 is 5.97 Å². The highest BCUT2D eigenvalue weighted by Crippen LogP contribution is 2.31. The number of carbonyl (C=O) groups is 1. The highest BCUT2D eigenvalue weighted by Gasteiger charge is 2.15. The lowest BCUT2D eigenvalue weighted by atomic mass is 10.2. The third-order valence-electron chi connectivity index (χ3n) is 4.23. The lowest BCUT2D eigenvalue weighted by Gasteiger charge is -2.15. The van der Waals surface area contributed by atoms with Gasteiger partial charge in [0.25, 0.3) is 0 Å². The van der Waals surface area contributed by atoms with Crippen molar-refractivity contribution in [2.24, 2.45) is 0 Å². The van der Waals surface area contributed by atoms with E-state index in [9.17, 15) is 9.90 Å². The molecular formula is C19H17N5O2. The molecule has 0 fully saturated rings. The number of carboxylic acids is 1. The quantitative estimate of drug-likeness (QED) is 0.522. The predicted molar refractivity (Wildman–Crippen MR) is 102 cm³/mol. The molecule has 0 aliphatic heterocycles. The van der Waals surface area contributed by atoms with E-state index in [2.05, 4.69) is 20.3 Å². The van der Waals surface area contributed by atoms with Crippen molar-refractivity contribution in [1.82, 2.24) is 15.0 Å². The Morgan fingerprint density at radius 2 is 2.04 bits per heavy atom. The van der Waals surface area contributed by atoms with Crippen LogP contribution in [-0.2, 0) is 0 Å². The minimum Gasteiger partial charge on any atom is -0.477 e. The summed E-state index contributed by atoms with van der Waals surface area (Å²) in [5.74, 6) is -0.419. The molecule has 4 rings (SSSR count). The van der Waals surface area contributed by atoms with Gasteiger partial charge in [-0.1, -0.05) is 6.07 Å². The lowest BCUT2D eigenvalue weighted by Crippen LogP contribution is -2.08. The Morgan fingerprint density at radius 1 is 1.19 bits per heavy atom. The largest absolute Gasteiger partial charge is 0.477 e. The molecule has 3 N–H and O–H groups in total. The molecule has 130 valence electrons. The van der Waals surface area contributed by atoms with E-state index in [-0.39, 0.29) is 5.69 Å². The van der Waals surface area contributed by atoms with Crippen molar-refractivity contribution in [3.05, 3.63) is 54.5 Å². The van der Waals surface area contributed by atoms with Crippen molar-refractivity contribution in [1.29, 1.82) is 0 Å². The second-order valence-electron chi connectivity index (χ2n) is 6.20. The Balaban J connectivity index is 1.90. The summed E-state index contributed by atoms with van der Waals surface area (Å²) in [6.45, 7) is 0. The minimum absolute atomic E-state index is 0.114. The average molecular weight is 347 g/mol. The number of carboxylic acid groups (broad SMARTS) is 1. The molecule has 0 aliphatic carbocycles. The maximum Gasteiger partial charge on any atom is 0.352 e. The number of aromatic carboxylic acids is 1. The van der Waals surface area contributed by atoms with Crippen LogP contribution in [0.25, 0.3) is 21.8 Å². The molecule has 26 heavy (non-hydrogen) atoms. The molecule has 7 heteroatoms. The van der Waals surface area contributed by atoms with Crippen LogP contribution in [0.5, 0.6) is 0 Å². The SMILES string of the molecule is CN(C)c1cccc(Nc2nc3ccncc3c3[nH]c(C(=O)O)cc23)c1. The van der Waals surface area contributed by atoms with Crippen LogP contribution in [0.15, 0.2) is 48.8 Å². The molecule has 0 unspecified atom stereocenters. The zero-order chi connectivity index (χ0) is 18.3. The summed E-state index contributed by atoms with van der Waals surface area (Å²) in [6.07, 6.45) is 3.35. The first kappa shape index (κ1) is 15.9. The van der Waals surface area contributed by atoms with Crippen molar-refractivity contribution < 1.29 is 9.90 Å². The van der Waals surface area contributed by atoms with Crippen LogP contribution >= 0.6 is 0 Å². The summed E-state index contributed by atoms with van der Waals surface area (Å²) < 4.78 is 0. The van der Waals surface area contributed by atoms with E-state index in [0.717, 1.165) is 22.3 Å².